The minimum atomic E-state index is -0.200. The Hall–Kier alpha value is -1.04. The summed E-state index contributed by atoms with van der Waals surface area (Å²) in [7, 11) is 3.82. The highest BCUT2D eigenvalue weighted by atomic mass is 79.9. The minimum absolute atomic E-state index is 0.200. The van der Waals surface area contributed by atoms with E-state index >= 15 is 0 Å². The number of hydrogen-bond donors (Lipinski definition) is 1. The maximum atomic E-state index is 12.4. The second kappa shape index (κ2) is 6.81. The summed E-state index contributed by atoms with van der Waals surface area (Å²) < 4.78 is 1.58. The Morgan fingerprint density at radius 1 is 1.14 bits per heavy atom. The van der Waals surface area contributed by atoms with E-state index in [4.69, 9.17) is 11.6 Å². The van der Waals surface area contributed by atoms with Crippen LogP contribution in [-0.4, -0.2) is 20.0 Å². The van der Waals surface area contributed by atoms with E-state index in [1.54, 1.807) is 18.2 Å². The molecule has 1 amide bonds. The van der Waals surface area contributed by atoms with Crippen LogP contribution in [0.1, 0.15) is 10.4 Å². The second-order valence-electron chi connectivity index (χ2n) is 4.63. The minimum Gasteiger partial charge on any atom is -0.376 e. The van der Waals surface area contributed by atoms with Crippen LogP contribution in [0.25, 0.3) is 0 Å². The number of carbonyl (C=O) groups excluding carboxylic acids is 1. The first kappa shape index (κ1) is 16.3. The molecule has 21 heavy (non-hydrogen) atoms. The van der Waals surface area contributed by atoms with Crippen LogP contribution in [0.15, 0.2) is 45.3 Å². The fraction of sp³-hybridized carbons (Fsp3) is 0.133. The van der Waals surface area contributed by atoms with Gasteiger partial charge in [-0.15, -0.1) is 0 Å². The average molecular weight is 433 g/mol. The predicted molar refractivity (Wildman–Crippen MR) is 95.6 cm³/mol. The van der Waals surface area contributed by atoms with Gasteiger partial charge in [0.25, 0.3) is 5.91 Å². The van der Waals surface area contributed by atoms with Crippen LogP contribution in [0.3, 0.4) is 0 Å². The van der Waals surface area contributed by atoms with Gasteiger partial charge in [-0.2, -0.15) is 0 Å². The molecule has 0 saturated carbocycles. The van der Waals surface area contributed by atoms with Crippen LogP contribution in [0.5, 0.6) is 0 Å². The summed E-state index contributed by atoms with van der Waals surface area (Å²) in [4.78, 5) is 14.4. The lowest BCUT2D eigenvalue weighted by molar-refractivity contribution is 0.102. The zero-order chi connectivity index (χ0) is 15.6. The molecule has 2 aromatic rings. The zero-order valence-electron chi connectivity index (χ0n) is 11.5. The van der Waals surface area contributed by atoms with Gasteiger partial charge in [-0.05, 0) is 52.3 Å². The molecule has 2 rings (SSSR count). The van der Waals surface area contributed by atoms with Gasteiger partial charge in [-0.25, -0.2) is 0 Å². The normalized spacial score (nSPS) is 10.3. The molecule has 0 radical (unpaired) electrons. The third kappa shape index (κ3) is 3.99. The molecular weight excluding hydrogens is 419 g/mol. The van der Waals surface area contributed by atoms with Crippen molar-refractivity contribution in [3.05, 3.63) is 55.9 Å². The van der Waals surface area contributed by atoms with Gasteiger partial charge in [0.15, 0.2) is 0 Å². The Kier molecular flexibility index (Phi) is 5.30. The van der Waals surface area contributed by atoms with Crippen LogP contribution in [-0.2, 0) is 0 Å². The van der Waals surface area contributed by atoms with E-state index in [9.17, 15) is 4.79 Å². The molecule has 0 saturated heterocycles. The van der Waals surface area contributed by atoms with Gasteiger partial charge < -0.3 is 10.2 Å². The van der Waals surface area contributed by atoms with Crippen LogP contribution in [0, 0.1) is 0 Å². The third-order valence-corrected chi connectivity index (χ3v) is 4.28. The quantitative estimate of drug-likeness (QED) is 0.725. The molecule has 0 aromatic heterocycles. The van der Waals surface area contributed by atoms with E-state index in [2.05, 4.69) is 37.2 Å². The van der Waals surface area contributed by atoms with E-state index in [1.165, 1.54) is 0 Å². The first-order chi connectivity index (χ1) is 9.88. The van der Waals surface area contributed by atoms with Crippen molar-refractivity contribution in [1.29, 1.82) is 0 Å². The molecule has 0 unspecified atom stereocenters. The lowest BCUT2D eigenvalue weighted by Gasteiger charge is -2.18. The summed E-state index contributed by atoms with van der Waals surface area (Å²) in [5, 5.41) is 3.47. The summed E-state index contributed by atoms with van der Waals surface area (Å²) in [6.07, 6.45) is 0. The Morgan fingerprint density at radius 3 is 2.52 bits per heavy atom. The SMILES string of the molecule is CN(C)c1ccc(Cl)cc1NC(=O)c1cc(Br)ccc1Br. The van der Waals surface area contributed by atoms with Crippen molar-refractivity contribution in [3.63, 3.8) is 0 Å². The van der Waals surface area contributed by atoms with Crippen molar-refractivity contribution in [2.75, 3.05) is 24.3 Å². The summed E-state index contributed by atoms with van der Waals surface area (Å²) in [5.74, 6) is -0.200. The molecule has 3 nitrogen and oxygen atoms in total. The predicted octanol–water partition coefficient (Wildman–Crippen LogP) is 5.18. The molecule has 0 aliphatic rings. The van der Waals surface area contributed by atoms with Crippen LogP contribution in [0.4, 0.5) is 11.4 Å². The summed E-state index contributed by atoms with van der Waals surface area (Å²) in [5.41, 5.74) is 2.11. The fourth-order valence-corrected chi connectivity index (χ4v) is 2.82. The van der Waals surface area contributed by atoms with Crippen LogP contribution >= 0.6 is 43.5 Å². The molecule has 0 spiro atoms. The highest BCUT2D eigenvalue weighted by molar-refractivity contribution is 9.11. The number of rotatable bonds is 3. The van der Waals surface area contributed by atoms with Gasteiger partial charge in [0.1, 0.15) is 0 Å². The highest BCUT2D eigenvalue weighted by Crippen LogP contribution is 2.29. The number of halogens is 3. The van der Waals surface area contributed by atoms with Crippen molar-refractivity contribution >= 4 is 60.7 Å². The molecule has 0 heterocycles. The van der Waals surface area contributed by atoms with Crippen molar-refractivity contribution in [2.24, 2.45) is 0 Å². The maximum absolute atomic E-state index is 12.4. The van der Waals surface area contributed by atoms with Crippen molar-refractivity contribution in [1.82, 2.24) is 0 Å². The molecular formula is C15H13Br2ClN2O. The number of benzene rings is 2. The lowest BCUT2D eigenvalue weighted by Crippen LogP contribution is -2.17. The third-order valence-electron chi connectivity index (χ3n) is 2.86. The standard InChI is InChI=1S/C15H13Br2ClN2O/c1-20(2)14-6-4-10(18)8-13(14)19-15(21)11-7-9(16)3-5-12(11)17/h3-8H,1-2H3,(H,19,21). The lowest BCUT2D eigenvalue weighted by atomic mass is 10.2. The van der Waals surface area contributed by atoms with Crippen molar-refractivity contribution in [3.8, 4) is 0 Å². The van der Waals surface area contributed by atoms with E-state index in [1.807, 2.05) is 37.2 Å². The number of anilines is 2. The monoisotopic (exact) mass is 430 g/mol. The van der Waals surface area contributed by atoms with Crippen molar-refractivity contribution < 1.29 is 4.79 Å². The Bertz CT molecular complexity index is 689. The summed E-state index contributed by atoms with van der Waals surface area (Å²) >= 11 is 12.8. The zero-order valence-corrected chi connectivity index (χ0v) is 15.4. The first-order valence-corrected chi connectivity index (χ1v) is 8.08. The Labute approximate surface area is 145 Å². The van der Waals surface area contributed by atoms with E-state index < -0.39 is 0 Å². The van der Waals surface area contributed by atoms with Gasteiger partial charge >= 0.3 is 0 Å². The molecule has 2 aromatic carbocycles. The second-order valence-corrected chi connectivity index (χ2v) is 6.84. The van der Waals surface area contributed by atoms with E-state index in [0.29, 0.717) is 16.3 Å². The number of nitrogens with zero attached hydrogens (tertiary/aromatic N) is 1. The van der Waals surface area contributed by atoms with Gasteiger partial charge in [0.2, 0.25) is 0 Å². The van der Waals surface area contributed by atoms with Gasteiger partial charge in [0.05, 0.1) is 16.9 Å². The molecule has 110 valence electrons. The molecule has 0 atom stereocenters. The van der Waals surface area contributed by atoms with Crippen molar-refractivity contribution in [2.45, 2.75) is 0 Å². The topological polar surface area (TPSA) is 32.3 Å². The molecule has 0 aliphatic carbocycles. The number of hydrogen-bond acceptors (Lipinski definition) is 2. The molecule has 0 bridgehead atoms. The molecule has 0 aliphatic heterocycles. The fourth-order valence-electron chi connectivity index (χ4n) is 1.86. The van der Waals surface area contributed by atoms with Crippen LogP contribution < -0.4 is 10.2 Å². The Balaban J connectivity index is 2.35. The van der Waals surface area contributed by atoms with Gasteiger partial charge in [-0.3, -0.25) is 4.79 Å². The van der Waals surface area contributed by atoms with Gasteiger partial charge in [-0.1, -0.05) is 27.5 Å². The van der Waals surface area contributed by atoms with Crippen LogP contribution in [0.2, 0.25) is 5.02 Å². The summed E-state index contributed by atoms with van der Waals surface area (Å²) in [6.45, 7) is 0. The van der Waals surface area contributed by atoms with E-state index in [-0.39, 0.29) is 5.91 Å². The number of nitrogens with one attached hydrogen (secondary N) is 1. The number of amides is 1. The molecule has 0 fully saturated rings. The average Bonchev–Trinajstić information content (AvgIpc) is 2.41. The van der Waals surface area contributed by atoms with E-state index in [0.717, 1.165) is 14.6 Å². The molecule has 6 heteroatoms. The first-order valence-electron chi connectivity index (χ1n) is 6.12. The smallest absolute Gasteiger partial charge is 0.256 e. The highest BCUT2D eigenvalue weighted by Gasteiger charge is 2.14. The summed E-state index contributed by atoms with van der Waals surface area (Å²) in [6, 6.07) is 10.9. The molecule has 1 N–H and O–H groups in total. The number of carbonyl (C=O) groups is 1. The van der Waals surface area contributed by atoms with Gasteiger partial charge in [0, 0.05) is 28.1 Å². The maximum Gasteiger partial charge on any atom is 0.256 e. The Morgan fingerprint density at radius 2 is 1.86 bits per heavy atom. The largest absolute Gasteiger partial charge is 0.376 e.